The molecule has 0 aliphatic heterocycles. The van der Waals surface area contributed by atoms with Gasteiger partial charge in [0.2, 0.25) is 0 Å². The van der Waals surface area contributed by atoms with Crippen LogP contribution in [0.2, 0.25) is 0 Å². The Labute approximate surface area is 845 Å². The van der Waals surface area contributed by atoms with E-state index in [0.29, 0.717) is 0 Å². The van der Waals surface area contributed by atoms with Gasteiger partial charge in [0.05, 0.1) is 17.1 Å². The van der Waals surface area contributed by atoms with Gasteiger partial charge in [-0.25, -0.2) is 0 Å². The number of para-hydroxylation sites is 3. The summed E-state index contributed by atoms with van der Waals surface area (Å²) in [5.74, 6) is 0. The molecule has 0 atom stereocenters. The molecule has 0 fully saturated rings. The van der Waals surface area contributed by atoms with Gasteiger partial charge in [-0.3, -0.25) is 0 Å². The molecule has 0 spiro atoms. The lowest BCUT2D eigenvalue weighted by atomic mass is 9.82. The first kappa shape index (κ1) is 87.7. The third kappa shape index (κ3) is 16.6. The summed E-state index contributed by atoms with van der Waals surface area (Å²) in [5, 5.41) is 17.4. The number of fused-ring (bicyclic) bond motifs is 15. The van der Waals surface area contributed by atoms with Crippen molar-refractivity contribution in [2.45, 2.75) is 19.3 Å². The molecule has 4 nitrogen and oxygen atoms in total. The van der Waals surface area contributed by atoms with Crippen molar-refractivity contribution in [2.24, 2.45) is 0 Å². The van der Waals surface area contributed by atoms with E-state index < -0.39 is 0 Å². The second-order valence-electron chi connectivity index (χ2n) is 38.0. The molecule has 1 aliphatic carbocycles. The second kappa shape index (κ2) is 38.1. The molecule has 0 bridgehead atoms. The van der Waals surface area contributed by atoms with Crippen molar-refractivity contribution >= 4 is 138 Å². The molecule has 145 heavy (non-hydrogen) atoms. The van der Waals surface area contributed by atoms with E-state index in [0.717, 1.165) is 84.3 Å². The summed E-state index contributed by atoms with van der Waals surface area (Å²) in [7, 11) is 0. The number of hydrogen-bond donors (Lipinski definition) is 0. The van der Waals surface area contributed by atoms with E-state index in [1.165, 1.54) is 165 Å². The Morgan fingerprint density at radius 3 is 1.01 bits per heavy atom. The Hall–Kier alpha value is -18.7. The van der Waals surface area contributed by atoms with Crippen LogP contribution in [0.3, 0.4) is 0 Å². The second-order valence-corrected chi connectivity index (χ2v) is 38.0. The van der Waals surface area contributed by atoms with Gasteiger partial charge < -0.3 is 19.1 Å². The molecule has 0 N–H and O–H groups in total. The maximum Gasteiger partial charge on any atom is 0.143 e. The van der Waals surface area contributed by atoms with E-state index in [-0.39, 0.29) is 5.41 Å². The van der Waals surface area contributed by atoms with Gasteiger partial charge >= 0.3 is 0 Å². The van der Waals surface area contributed by atoms with Crippen LogP contribution in [0.4, 0.5) is 51.2 Å². The zero-order valence-electron chi connectivity index (χ0n) is 80.4. The van der Waals surface area contributed by atoms with Crippen LogP contribution in [0.5, 0.6) is 0 Å². The molecule has 26 aromatic rings. The van der Waals surface area contributed by atoms with Gasteiger partial charge in [-0.15, -0.1) is 0 Å². The molecule has 0 saturated carbocycles. The minimum absolute atomic E-state index is 0.0897. The van der Waals surface area contributed by atoms with Crippen LogP contribution >= 0.6 is 0 Å². The summed E-state index contributed by atoms with van der Waals surface area (Å²) in [6.45, 7) is 4.71. The molecule has 0 amide bonds. The Morgan fingerprint density at radius 1 is 0.159 bits per heavy atom. The van der Waals surface area contributed by atoms with Crippen LogP contribution < -0.4 is 14.7 Å². The van der Waals surface area contributed by atoms with Crippen LogP contribution in [0, 0.1) is 0 Å². The molecule has 1 aromatic heterocycles. The van der Waals surface area contributed by atoms with Crippen molar-refractivity contribution in [3.05, 3.63) is 575 Å². The highest BCUT2D eigenvalue weighted by molar-refractivity contribution is 6.18. The zero-order valence-corrected chi connectivity index (χ0v) is 80.4. The summed E-state index contributed by atoms with van der Waals surface area (Å²) in [6, 6.07) is 204. The highest BCUT2D eigenvalue weighted by Crippen LogP contribution is 2.54. The van der Waals surface area contributed by atoms with Crippen LogP contribution in [-0.4, -0.2) is 0 Å². The Balaban J connectivity index is 0.000000114. The van der Waals surface area contributed by atoms with E-state index in [1.807, 2.05) is 12.1 Å². The third-order valence-electron chi connectivity index (χ3n) is 29.2. The Morgan fingerprint density at radius 2 is 0.469 bits per heavy atom. The van der Waals surface area contributed by atoms with Crippen molar-refractivity contribution in [1.82, 2.24) is 0 Å². The number of furan rings is 1. The predicted molar refractivity (Wildman–Crippen MR) is 617 cm³/mol. The molecular formula is C141H99N3O. The lowest BCUT2D eigenvalue weighted by molar-refractivity contribution is 0.660. The summed E-state index contributed by atoms with van der Waals surface area (Å²) in [6.07, 6.45) is 0. The van der Waals surface area contributed by atoms with E-state index in [1.54, 1.807) is 0 Å². The van der Waals surface area contributed by atoms with Gasteiger partial charge in [-0.05, 0) is 257 Å². The van der Waals surface area contributed by atoms with Gasteiger partial charge in [0.25, 0.3) is 0 Å². The molecule has 27 rings (SSSR count). The number of hydrogen-bond acceptors (Lipinski definition) is 4. The number of rotatable bonds is 17. The highest BCUT2D eigenvalue weighted by Gasteiger charge is 2.36. The standard InChI is InChI=1S/C50H35N.C47H35N.C44H29NO/c1-4-14-36(15-5-1)42-22-12-23-45(34-42)51(49-33-30-43(37-16-6-2-7-17-37)35-48(49)38-18-8-3-9-19-38)44-31-28-40(29-32-44)47-25-13-21-41-27-26-39-20-10-11-24-46(39)50(41)47;1-47(2)43-21-10-8-19-41(43)42-30-29-37(31-44(42)47)48(45-22-11-9-17-38(45)32-13-4-3-5-14-32)36-27-25-34(26-28-36)40-20-12-16-35-24-23-33-15-6-7-18-39(33)46(35)40;1-2-10-30(11-3-1)31-22-26-35(27-23-31)45(41-18-8-13-34-21-20-32-12-4-5-14-37(32)43(34)41)36-28-24-33(25-29-36)38-16-9-17-40-39-15-6-7-19-42(39)46-44(38)40/h1-35H;3-31H,1-2H3;1-29H. The fourth-order valence-corrected chi connectivity index (χ4v) is 22.1. The van der Waals surface area contributed by atoms with Crippen molar-refractivity contribution in [2.75, 3.05) is 14.7 Å². The summed E-state index contributed by atoms with van der Waals surface area (Å²) in [4.78, 5) is 7.23. The molecule has 25 aromatic carbocycles. The average molecular weight is 1850 g/mol. The first-order chi connectivity index (χ1) is 71.7. The zero-order chi connectivity index (χ0) is 96.7. The van der Waals surface area contributed by atoms with Gasteiger partial charge in [0, 0.05) is 72.4 Å². The molecule has 1 aliphatic rings. The molecular weight excluding hydrogens is 1750 g/mol. The Kier molecular flexibility index (Phi) is 23.1. The topological polar surface area (TPSA) is 22.9 Å². The van der Waals surface area contributed by atoms with E-state index in [9.17, 15) is 0 Å². The lowest BCUT2D eigenvalue weighted by Crippen LogP contribution is -2.16. The van der Waals surface area contributed by atoms with E-state index in [4.69, 9.17) is 4.42 Å². The van der Waals surface area contributed by atoms with Crippen LogP contribution in [0.25, 0.3) is 187 Å². The fourth-order valence-electron chi connectivity index (χ4n) is 22.1. The first-order valence-electron chi connectivity index (χ1n) is 50.0. The SMILES string of the molecule is CC1(C)c2ccccc2-c2ccc(N(c3ccc(-c4cccc5ccc6ccccc6c45)cc3)c3ccccc3-c3ccccc3)cc21.c1ccc(-c2ccc(N(c3ccc(-c4cccc5c4oc4ccccc45)cc3)c3cccc4ccc5ccccc5c34)cc2)cc1.c1ccc(-c2cccc(N(c3ccc(-c4cccc5ccc6ccccc6c45)cc3)c3ccc(-c4ccccc4)cc3-c3ccccc3)c2)cc1. The van der Waals surface area contributed by atoms with Crippen LogP contribution in [0.15, 0.2) is 569 Å². The van der Waals surface area contributed by atoms with Crippen molar-refractivity contribution in [1.29, 1.82) is 0 Å². The Bertz CT molecular complexity index is 9300. The van der Waals surface area contributed by atoms with Crippen molar-refractivity contribution < 1.29 is 4.42 Å². The summed E-state index contributed by atoms with van der Waals surface area (Å²) < 4.78 is 6.38. The molecule has 0 radical (unpaired) electrons. The van der Waals surface area contributed by atoms with Gasteiger partial charge in [0.1, 0.15) is 11.2 Å². The molecule has 1 heterocycles. The van der Waals surface area contributed by atoms with Crippen molar-refractivity contribution in [3.8, 4) is 100 Å². The molecule has 684 valence electrons. The van der Waals surface area contributed by atoms with Gasteiger partial charge in [-0.1, -0.05) is 475 Å². The average Bonchev–Trinajstić information content (AvgIpc) is 1.61. The first-order valence-corrected chi connectivity index (χ1v) is 50.0. The minimum atomic E-state index is -0.0897. The van der Waals surface area contributed by atoms with E-state index in [2.05, 4.69) is 581 Å². The summed E-state index contributed by atoms with van der Waals surface area (Å²) in [5.41, 5.74) is 36.3. The quantitative estimate of drug-likeness (QED) is 0.0848. The predicted octanol–water partition coefficient (Wildman–Crippen LogP) is 39.9. The maximum atomic E-state index is 6.38. The van der Waals surface area contributed by atoms with Gasteiger partial charge in [0.15, 0.2) is 0 Å². The molecule has 4 heteroatoms. The van der Waals surface area contributed by atoms with Crippen LogP contribution in [0.1, 0.15) is 25.0 Å². The fraction of sp³-hybridized carbons (Fsp3) is 0.0213. The molecule has 0 saturated heterocycles. The minimum Gasteiger partial charge on any atom is -0.455 e. The summed E-state index contributed by atoms with van der Waals surface area (Å²) >= 11 is 0. The van der Waals surface area contributed by atoms with Crippen molar-refractivity contribution in [3.63, 3.8) is 0 Å². The molecule has 0 unspecified atom stereocenters. The highest BCUT2D eigenvalue weighted by atomic mass is 16.3. The van der Waals surface area contributed by atoms with Gasteiger partial charge in [-0.2, -0.15) is 0 Å². The largest absolute Gasteiger partial charge is 0.455 e. The van der Waals surface area contributed by atoms with E-state index >= 15 is 0 Å². The number of benzene rings is 25. The normalized spacial score (nSPS) is 11.8. The number of nitrogens with zero attached hydrogens (tertiary/aromatic N) is 3. The smallest absolute Gasteiger partial charge is 0.143 e. The lowest BCUT2D eigenvalue weighted by Gasteiger charge is -2.30. The third-order valence-corrected chi connectivity index (χ3v) is 29.2. The van der Waals surface area contributed by atoms with Crippen LogP contribution in [-0.2, 0) is 5.41 Å². The monoisotopic (exact) mass is 1850 g/mol. The number of anilines is 9. The maximum absolute atomic E-state index is 6.38.